The first-order chi connectivity index (χ1) is 9.38. The summed E-state index contributed by atoms with van der Waals surface area (Å²) in [5.74, 6) is 0. The molecule has 0 aromatic heterocycles. The summed E-state index contributed by atoms with van der Waals surface area (Å²) in [6, 6.07) is 7.36. The van der Waals surface area contributed by atoms with E-state index in [1.807, 2.05) is 0 Å². The van der Waals surface area contributed by atoms with Gasteiger partial charge >= 0.3 is 0 Å². The minimum atomic E-state index is -0.392. The highest BCUT2D eigenvalue weighted by Gasteiger charge is 2.27. The van der Waals surface area contributed by atoms with Crippen LogP contribution in [0.4, 0.5) is 0 Å². The first-order valence-corrected chi connectivity index (χ1v) is 7.58. The summed E-state index contributed by atoms with van der Waals surface area (Å²) in [4.78, 5) is 4.80. The number of benzene rings is 1. The Bertz CT molecular complexity index is 448. The molecular formula is C17H28N2O. The maximum absolute atomic E-state index is 10.5. The van der Waals surface area contributed by atoms with Gasteiger partial charge in [0, 0.05) is 31.7 Å². The fourth-order valence-electron chi connectivity index (χ4n) is 2.98. The van der Waals surface area contributed by atoms with Crippen LogP contribution >= 0.6 is 0 Å². The second-order valence-electron chi connectivity index (χ2n) is 6.44. The van der Waals surface area contributed by atoms with Crippen molar-refractivity contribution >= 4 is 0 Å². The zero-order valence-corrected chi connectivity index (χ0v) is 13.4. The molecule has 1 heterocycles. The number of likely N-dealkylation sites (N-methyl/N-ethyl adjacent to an activating group) is 1. The van der Waals surface area contributed by atoms with E-state index in [2.05, 4.69) is 62.7 Å². The fourth-order valence-corrected chi connectivity index (χ4v) is 2.98. The second kappa shape index (κ2) is 6.25. The molecule has 0 saturated carbocycles. The molecule has 0 amide bonds. The average Bonchev–Trinajstić information content (AvgIpc) is 2.39. The monoisotopic (exact) mass is 276 g/mol. The largest absolute Gasteiger partial charge is 0.387 e. The normalized spacial score (nSPS) is 26.7. The van der Waals surface area contributed by atoms with Crippen LogP contribution in [0.2, 0.25) is 0 Å². The van der Waals surface area contributed by atoms with E-state index in [-0.39, 0.29) is 0 Å². The maximum Gasteiger partial charge on any atom is 0.0917 e. The maximum atomic E-state index is 10.5. The average molecular weight is 276 g/mol. The first kappa shape index (κ1) is 15.5. The summed E-state index contributed by atoms with van der Waals surface area (Å²) in [5, 5.41) is 10.5. The zero-order valence-electron chi connectivity index (χ0n) is 13.4. The third-order valence-electron chi connectivity index (χ3n) is 4.78. The topological polar surface area (TPSA) is 26.7 Å². The number of aliphatic hydroxyl groups excluding tert-OH is 1. The first-order valence-electron chi connectivity index (χ1n) is 7.58. The summed E-state index contributed by atoms with van der Waals surface area (Å²) >= 11 is 0. The van der Waals surface area contributed by atoms with Gasteiger partial charge in [0.05, 0.1) is 6.10 Å². The Morgan fingerprint density at radius 1 is 1.15 bits per heavy atom. The molecule has 0 spiro atoms. The molecule has 1 fully saturated rings. The molecule has 1 aromatic carbocycles. The highest BCUT2D eigenvalue weighted by molar-refractivity contribution is 5.31. The van der Waals surface area contributed by atoms with Crippen LogP contribution in [0.15, 0.2) is 18.2 Å². The molecule has 20 heavy (non-hydrogen) atoms. The second-order valence-corrected chi connectivity index (χ2v) is 6.44. The van der Waals surface area contributed by atoms with E-state index >= 15 is 0 Å². The molecule has 0 radical (unpaired) electrons. The zero-order chi connectivity index (χ0) is 14.9. The van der Waals surface area contributed by atoms with Crippen molar-refractivity contribution in [3.8, 4) is 0 Å². The van der Waals surface area contributed by atoms with Crippen LogP contribution in [0, 0.1) is 13.8 Å². The number of hydrogen-bond acceptors (Lipinski definition) is 3. The molecule has 1 N–H and O–H groups in total. The Morgan fingerprint density at radius 2 is 1.75 bits per heavy atom. The van der Waals surface area contributed by atoms with Gasteiger partial charge in [0.1, 0.15) is 0 Å². The van der Waals surface area contributed by atoms with E-state index in [4.69, 9.17) is 0 Å². The van der Waals surface area contributed by atoms with Crippen LogP contribution in [0.25, 0.3) is 0 Å². The Balaban J connectivity index is 2.00. The molecule has 0 bridgehead atoms. The molecule has 3 nitrogen and oxygen atoms in total. The van der Waals surface area contributed by atoms with Crippen LogP contribution < -0.4 is 0 Å². The predicted molar refractivity (Wildman–Crippen MR) is 84.0 cm³/mol. The molecule has 2 rings (SSSR count). The minimum Gasteiger partial charge on any atom is -0.387 e. The number of piperazine rings is 1. The van der Waals surface area contributed by atoms with Gasteiger partial charge in [-0.15, -0.1) is 0 Å². The van der Waals surface area contributed by atoms with Gasteiger partial charge in [-0.25, -0.2) is 0 Å². The SMILES string of the molecule is Cc1ccc(C(O)CN2CC(C)N(C)C(C)C2)cc1C. The van der Waals surface area contributed by atoms with Crippen molar-refractivity contribution in [3.05, 3.63) is 34.9 Å². The lowest BCUT2D eigenvalue weighted by Gasteiger charge is -2.43. The molecule has 3 unspecified atom stereocenters. The molecular weight excluding hydrogens is 248 g/mol. The summed E-state index contributed by atoms with van der Waals surface area (Å²) in [6.45, 7) is 11.5. The molecule has 112 valence electrons. The van der Waals surface area contributed by atoms with Gasteiger partial charge < -0.3 is 5.11 Å². The molecule has 1 aromatic rings. The van der Waals surface area contributed by atoms with E-state index in [1.165, 1.54) is 11.1 Å². The van der Waals surface area contributed by atoms with Crippen molar-refractivity contribution in [2.45, 2.75) is 45.9 Å². The highest BCUT2D eigenvalue weighted by atomic mass is 16.3. The van der Waals surface area contributed by atoms with Crippen molar-refractivity contribution in [1.29, 1.82) is 0 Å². The summed E-state index contributed by atoms with van der Waals surface area (Å²) in [6.07, 6.45) is -0.392. The van der Waals surface area contributed by atoms with E-state index in [0.717, 1.165) is 25.2 Å². The van der Waals surface area contributed by atoms with Crippen LogP contribution in [0.3, 0.4) is 0 Å². The molecule has 3 heteroatoms. The predicted octanol–water partition coefficient (Wildman–Crippen LogP) is 2.36. The summed E-state index contributed by atoms with van der Waals surface area (Å²) in [7, 11) is 2.19. The van der Waals surface area contributed by atoms with Crippen molar-refractivity contribution in [3.63, 3.8) is 0 Å². The van der Waals surface area contributed by atoms with Crippen LogP contribution in [0.1, 0.15) is 36.6 Å². The van der Waals surface area contributed by atoms with E-state index in [1.54, 1.807) is 0 Å². The van der Waals surface area contributed by atoms with Gasteiger partial charge in [-0.3, -0.25) is 9.80 Å². The van der Waals surface area contributed by atoms with Gasteiger partial charge in [0.15, 0.2) is 0 Å². The molecule has 0 aliphatic carbocycles. The third-order valence-corrected chi connectivity index (χ3v) is 4.78. The Kier molecular flexibility index (Phi) is 4.84. The smallest absolute Gasteiger partial charge is 0.0917 e. The Labute approximate surface area is 123 Å². The van der Waals surface area contributed by atoms with Crippen molar-refractivity contribution < 1.29 is 5.11 Å². The van der Waals surface area contributed by atoms with Gasteiger partial charge in [-0.05, 0) is 51.4 Å². The van der Waals surface area contributed by atoms with Gasteiger partial charge in [-0.2, -0.15) is 0 Å². The van der Waals surface area contributed by atoms with Crippen molar-refractivity contribution in [2.24, 2.45) is 0 Å². The number of aliphatic hydroxyl groups is 1. The summed E-state index contributed by atoms with van der Waals surface area (Å²) in [5.41, 5.74) is 3.57. The lowest BCUT2D eigenvalue weighted by molar-refractivity contribution is 0.0282. The molecule has 1 aliphatic rings. The molecule has 3 atom stereocenters. The minimum absolute atomic E-state index is 0.392. The van der Waals surface area contributed by atoms with E-state index < -0.39 is 6.10 Å². The number of aryl methyl sites for hydroxylation is 2. The highest BCUT2D eigenvalue weighted by Crippen LogP contribution is 2.20. The van der Waals surface area contributed by atoms with Crippen LogP contribution in [-0.2, 0) is 0 Å². The number of β-amino-alcohol motifs (C(OH)–C–C–N with tert-alkyl or cyclic N) is 1. The standard InChI is InChI=1S/C17H28N2O/c1-12-6-7-16(8-13(12)2)17(20)11-19-9-14(3)18(5)15(4)10-19/h6-8,14-15,17,20H,9-11H2,1-5H3. The Hall–Kier alpha value is -0.900. The number of nitrogens with zero attached hydrogens (tertiary/aromatic N) is 2. The van der Waals surface area contributed by atoms with Crippen LogP contribution in [0.5, 0.6) is 0 Å². The fraction of sp³-hybridized carbons (Fsp3) is 0.647. The van der Waals surface area contributed by atoms with E-state index in [0.29, 0.717) is 12.1 Å². The summed E-state index contributed by atoms with van der Waals surface area (Å²) < 4.78 is 0. The van der Waals surface area contributed by atoms with Crippen molar-refractivity contribution in [1.82, 2.24) is 9.80 Å². The molecule has 1 aliphatic heterocycles. The quantitative estimate of drug-likeness (QED) is 0.918. The van der Waals surface area contributed by atoms with Gasteiger partial charge in [0.25, 0.3) is 0 Å². The van der Waals surface area contributed by atoms with E-state index in [9.17, 15) is 5.11 Å². The van der Waals surface area contributed by atoms with Crippen molar-refractivity contribution in [2.75, 3.05) is 26.7 Å². The molecule has 1 saturated heterocycles. The number of hydrogen-bond donors (Lipinski definition) is 1. The van der Waals surface area contributed by atoms with Gasteiger partial charge in [0.2, 0.25) is 0 Å². The Morgan fingerprint density at radius 3 is 2.30 bits per heavy atom. The van der Waals surface area contributed by atoms with Crippen LogP contribution in [-0.4, -0.2) is 53.7 Å². The lowest BCUT2D eigenvalue weighted by atomic mass is 10.0. The lowest BCUT2D eigenvalue weighted by Crippen LogP contribution is -2.55. The number of rotatable bonds is 3. The van der Waals surface area contributed by atoms with Gasteiger partial charge in [-0.1, -0.05) is 18.2 Å². The third kappa shape index (κ3) is 3.40.